The molecule has 2 atom stereocenters. The number of aromatic hydroxyl groups is 1. The first kappa shape index (κ1) is 11.0. The standard InChI is InChI=1S/C11H17NO2/c1-8(14-2)11(12)7-9-4-3-5-10(13)6-9/h3-6,8,11,13H,7,12H2,1-2H3. The van der Waals surface area contributed by atoms with Crippen molar-refractivity contribution in [2.75, 3.05) is 7.11 Å². The molecule has 0 fully saturated rings. The van der Waals surface area contributed by atoms with Gasteiger partial charge in [0.15, 0.2) is 0 Å². The SMILES string of the molecule is COC(C)C(N)Cc1cccc(O)c1. The molecular formula is C11H17NO2. The number of rotatable bonds is 4. The molecule has 0 radical (unpaired) electrons. The van der Waals surface area contributed by atoms with Gasteiger partial charge in [-0.3, -0.25) is 0 Å². The predicted octanol–water partition coefficient (Wildman–Crippen LogP) is 1.30. The molecule has 3 nitrogen and oxygen atoms in total. The molecule has 0 bridgehead atoms. The third-order valence-electron chi connectivity index (χ3n) is 2.36. The van der Waals surface area contributed by atoms with Crippen molar-refractivity contribution >= 4 is 0 Å². The number of benzene rings is 1. The molecule has 0 saturated carbocycles. The van der Waals surface area contributed by atoms with E-state index in [1.165, 1.54) is 0 Å². The van der Waals surface area contributed by atoms with E-state index in [0.717, 1.165) is 5.56 Å². The minimum atomic E-state index is -0.0400. The van der Waals surface area contributed by atoms with Gasteiger partial charge < -0.3 is 15.6 Å². The summed E-state index contributed by atoms with van der Waals surface area (Å²) >= 11 is 0. The zero-order valence-electron chi connectivity index (χ0n) is 8.60. The lowest BCUT2D eigenvalue weighted by atomic mass is 10.0. The Morgan fingerprint density at radius 3 is 2.79 bits per heavy atom. The predicted molar refractivity (Wildman–Crippen MR) is 56.3 cm³/mol. The number of ether oxygens (including phenoxy) is 1. The van der Waals surface area contributed by atoms with E-state index in [1.807, 2.05) is 19.1 Å². The van der Waals surface area contributed by atoms with Gasteiger partial charge in [0.2, 0.25) is 0 Å². The van der Waals surface area contributed by atoms with Gasteiger partial charge in [-0.15, -0.1) is 0 Å². The van der Waals surface area contributed by atoms with Crippen LogP contribution in [-0.2, 0) is 11.2 Å². The van der Waals surface area contributed by atoms with Crippen molar-refractivity contribution in [1.29, 1.82) is 0 Å². The number of phenolic OH excluding ortho intramolecular Hbond substituents is 1. The maximum absolute atomic E-state index is 9.25. The topological polar surface area (TPSA) is 55.5 Å². The highest BCUT2D eigenvalue weighted by molar-refractivity contribution is 5.27. The molecule has 0 aliphatic carbocycles. The molecule has 78 valence electrons. The summed E-state index contributed by atoms with van der Waals surface area (Å²) in [5.41, 5.74) is 6.93. The second kappa shape index (κ2) is 4.98. The summed E-state index contributed by atoms with van der Waals surface area (Å²) in [7, 11) is 1.65. The van der Waals surface area contributed by atoms with Crippen molar-refractivity contribution in [2.24, 2.45) is 5.73 Å². The lowest BCUT2D eigenvalue weighted by molar-refractivity contribution is 0.0956. The van der Waals surface area contributed by atoms with Crippen LogP contribution in [0.5, 0.6) is 5.75 Å². The smallest absolute Gasteiger partial charge is 0.115 e. The van der Waals surface area contributed by atoms with Gasteiger partial charge in [-0.1, -0.05) is 12.1 Å². The van der Waals surface area contributed by atoms with E-state index >= 15 is 0 Å². The number of nitrogens with two attached hydrogens (primary N) is 1. The molecule has 3 heteroatoms. The fourth-order valence-corrected chi connectivity index (χ4v) is 1.30. The van der Waals surface area contributed by atoms with E-state index in [9.17, 15) is 5.11 Å². The van der Waals surface area contributed by atoms with Crippen LogP contribution in [0.2, 0.25) is 0 Å². The van der Waals surface area contributed by atoms with Crippen LogP contribution in [0.3, 0.4) is 0 Å². The molecule has 0 heterocycles. The largest absolute Gasteiger partial charge is 0.508 e. The van der Waals surface area contributed by atoms with Crippen LogP contribution in [0.1, 0.15) is 12.5 Å². The summed E-state index contributed by atoms with van der Waals surface area (Å²) < 4.78 is 5.13. The van der Waals surface area contributed by atoms with Crippen molar-refractivity contribution in [3.8, 4) is 5.75 Å². The van der Waals surface area contributed by atoms with Crippen LogP contribution in [0, 0.1) is 0 Å². The van der Waals surface area contributed by atoms with E-state index in [-0.39, 0.29) is 17.9 Å². The highest BCUT2D eigenvalue weighted by Crippen LogP contribution is 2.13. The van der Waals surface area contributed by atoms with Crippen molar-refractivity contribution in [3.05, 3.63) is 29.8 Å². The first-order chi connectivity index (χ1) is 6.63. The van der Waals surface area contributed by atoms with E-state index in [0.29, 0.717) is 6.42 Å². The van der Waals surface area contributed by atoms with Gasteiger partial charge in [0, 0.05) is 13.2 Å². The molecule has 1 rings (SSSR count). The third-order valence-corrected chi connectivity index (χ3v) is 2.36. The van der Waals surface area contributed by atoms with Crippen LogP contribution in [0.15, 0.2) is 24.3 Å². The molecule has 0 saturated heterocycles. The second-order valence-electron chi connectivity index (χ2n) is 3.48. The quantitative estimate of drug-likeness (QED) is 0.761. The van der Waals surface area contributed by atoms with Gasteiger partial charge in [0.25, 0.3) is 0 Å². The zero-order chi connectivity index (χ0) is 10.6. The minimum Gasteiger partial charge on any atom is -0.508 e. The van der Waals surface area contributed by atoms with Crippen LogP contribution in [0.4, 0.5) is 0 Å². The second-order valence-corrected chi connectivity index (χ2v) is 3.48. The van der Waals surface area contributed by atoms with E-state index in [4.69, 9.17) is 10.5 Å². The van der Waals surface area contributed by atoms with Gasteiger partial charge in [0.1, 0.15) is 5.75 Å². The maximum Gasteiger partial charge on any atom is 0.115 e. The van der Waals surface area contributed by atoms with Crippen LogP contribution >= 0.6 is 0 Å². The first-order valence-electron chi connectivity index (χ1n) is 4.69. The Hall–Kier alpha value is -1.06. The molecular weight excluding hydrogens is 178 g/mol. The molecule has 0 amide bonds. The molecule has 0 aliphatic heterocycles. The molecule has 1 aromatic rings. The Morgan fingerprint density at radius 2 is 2.21 bits per heavy atom. The normalized spacial score (nSPS) is 15.1. The molecule has 0 spiro atoms. The Morgan fingerprint density at radius 1 is 1.50 bits per heavy atom. The van der Waals surface area contributed by atoms with Crippen LogP contribution in [-0.4, -0.2) is 24.4 Å². The van der Waals surface area contributed by atoms with Gasteiger partial charge in [-0.2, -0.15) is 0 Å². The van der Waals surface area contributed by atoms with Crippen molar-refractivity contribution in [3.63, 3.8) is 0 Å². The van der Waals surface area contributed by atoms with Crippen LogP contribution in [0.25, 0.3) is 0 Å². The Balaban J connectivity index is 2.60. The zero-order valence-corrected chi connectivity index (χ0v) is 8.60. The highest BCUT2D eigenvalue weighted by Gasteiger charge is 2.12. The maximum atomic E-state index is 9.25. The summed E-state index contributed by atoms with van der Waals surface area (Å²) in [6, 6.07) is 7.09. The van der Waals surface area contributed by atoms with E-state index in [1.54, 1.807) is 19.2 Å². The first-order valence-corrected chi connectivity index (χ1v) is 4.69. The summed E-state index contributed by atoms with van der Waals surface area (Å²) in [5, 5.41) is 9.25. The Bertz CT molecular complexity index is 288. The minimum absolute atomic E-state index is 0.0253. The fourth-order valence-electron chi connectivity index (χ4n) is 1.30. The number of hydrogen-bond acceptors (Lipinski definition) is 3. The average molecular weight is 195 g/mol. The number of hydrogen-bond donors (Lipinski definition) is 2. The fraction of sp³-hybridized carbons (Fsp3) is 0.455. The number of methoxy groups -OCH3 is 1. The van der Waals surface area contributed by atoms with Crippen molar-refractivity contribution < 1.29 is 9.84 Å². The molecule has 0 aromatic heterocycles. The summed E-state index contributed by atoms with van der Waals surface area (Å²) in [4.78, 5) is 0. The highest BCUT2D eigenvalue weighted by atomic mass is 16.5. The van der Waals surface area contributed by atoms with Gasteiger partial charge in [0.05, 0.1) is 6.10 Å². The summed E-state index contributed by atoms with van der Waals surface area (Å²) in [6.45, 7) is 1.94. The monoisotopic (exact) mass is 195 g/mol. The third kappa shape index (κ3) is 3.01. The lowest BCUT2D eigenvalue weighted by Crippen LogP contribution is -2.35. The van der Waals surface area contributed by atoms with E-state index < -0.39 is 0 Å². The lowest BCUT2D eigenvalue weighted by Gasteiger charge is -2.18. The number of phenols is 1. The molecule has 2 unspecified atom stereocenters. The molecule has 3 N–H and O–H groups in total. The van der Waals surface area contributed by atoms with Crippen molar-refractivity contribution in [1.82, 2.24) is 0 Å². The van der Waals surface area contributed by atoms with Crippen LogP contribution < -0.4 is 5.73 Å². The molecule has 1 aromatic carbocycles. The Labute approximate surface area is 84.5 Å². The van der Waals surface area contributed by atoms with E-state index in [2.05, 4.69) is 0 Å². The summed E-state index contributed by atoms with van der Waals surface area (Å²) in [5.74, 6) is 0.278. The van der Waals surface area contributed by atoms with Gasteiger partial charge in [-0.05, 0) is 31.0 Å². The molecule has 14 heavy (non-hydrogen) atoms. The van der Waals surface area contributed by atoms with Crippen molar-refractivity contribution in [2.45, 2.75) is 25.5 Å². The average Bonchev–Trinajstić information content (AvgIpc) is 2.16. The van der Waals surface area contributed by atoms with Gasteiger partial charge >= 0.3 is 0 Å². The molecule has 0 aliphatic rings. The summed E-state index contributed by atoms with van der Waals surface area (Å²) in [6.07, 6.45) is 0.737. The van der Waals surface area contributed by atoms with Gasteiger partial charge in [-0.25, -0.2) is 0 Å². The Kier molecular flexibility index (Phi) is 3.92.